The van der Waals surface area contributed by atoms with Crippen LogP contribution in [0.1, 0.15) is 25.7 Å². The summed E-state index contributed by atoms with van der Waals surface area (Å²) in [7, 11) is 0. The van der Waals surface area contributed by atoms with E-state index >= 15 is 0 Å². The Kier molecular flexibility index (Phi) is 4.13. The molecule has 0 aliphatic carbocycles. The minimum absolute atomic E-state index is 0.231. The normalized spacial score (nSPS) is 20.6. The fraction of sp³-hybridized carbons (Fsp3) is 0.538. The van der Waals surface area contributed by atoms with Gasteiger partial charge in [0.1, 0.15) is 0 Å². The van der Waals surface area contributed by atoms with E-state index in [1.165, 1.54) is 12.8 Å². The van der Waals surface area contributed by atoms with E-state index in [9.17, 15) is 0 Å². The summed E-state index contributed by atoms with van der Waals surface area (Å²) in [6, 6.07) is 6.05. The fourth-order valence-corrected chi connectivity index (χ4v) is 2.73. The number of nitrogens with zero attached hydrogens (tertiary/aromatic N) is 1. The second-order valence-corrected chi connectivity index (χ2v) is 4.99. The number of nitrogen functional groups attached to an aromatic ring is 1. The van der Waals surface area contributed by atoms with Crippen LogP contribution in [0.2, 0.25) is 5.02 Å². The van der Waals surface area contributed by atoms with E-state index in [0.717, 1.165) is 30.8 Å². The standard InChI is InChI=1S/C13H19ClN2O/c14-10-4-5-13(12(15)9-10)16-7-2-1-3-11(16)6-8-17/h4-5,9,11,17H,1-3,6-8,15H2. The minimum atomic E-state index is 0.231. The van der Waals surface area contributed by atoms with Crippen molar-refractivity contribution in [1.29, 1.82) is 0 Å². The van der Waals surface area contributed by atoms with E-state index < -0.39 is 0 Å². The molecule has 0 saturated carbocycles. The minimum Gasteiger partial charge on any atom is -0.397 e. The maximum absolute atomic E-state index is 9.12. The van der Waals surface area contributed by atoms with Gasteiger partial charge in [-0.15, -0.1) is 0 Å². The molecular formula is C13H19ClN2O. The number of anilines is 2. The van der Waals surface area contributed by atoms with Crippen molar-refractivity contribution in [2.75, 3.05) is 23.8 Å². The van der Waals surface area contributed by atoms with E-state index in [1.54, 1.807) is 6.07 Å². The first-order chi connectivity index (χ1) is 8.22. The first-order valence-electron chi connectivity index (χ1n) is 6.15. The van der Waals surface area contributed by atoms with Crippen LogP contribution in [0, 0.1) is 0 Å². The number of aliphatic hydroxyl groups is 1. The van der Waals surface area contributed by atoms with Crippen LogP contribution in [-0.2, 0) is 0 Å². The van der Waals surface area contributed by atoms with Gasteiger partial charge in [0, 0.05) is 24.2 Å². The molecule has 2 rings (SSSR count). The largest absolute Gasteiger partial charge is 0.397 e. The average Bonchev–Trinajstić information content (AvgIpc) is 2.31. The molecule has 4 heteroatoms. The Bertz CT molecular complexity index is 382. The van der Waals surface area contributed by atoms with E-state index in [4.69, 9.17) is 22.4 Å². The number of aliphatic hydroxyl groups excluding tert-OH is 1. The highest BCUT2D eigenvalue weighted by atomic mass is 35.5. The molecule has 0 radical (unpaired) electrons. The Morgan fingerprint density at radius 2 is 2.24 bits per heavy atom. The molecule has 1 aromatic rings. The summed E-state index contributed by atoms with van der Waals surface area (Å²) in [5.74, 6) is 0. The molecule has 0 spiro atoms. The molecule has 1 saturated heterocycles. The highest BCUT2D eigenvalue weighted by Gasteiger charge is 2.23. The lowest BCUT2D eigenvalue weighted by molar-refractivity contribution is 0.262. The summed E-state index contributed by atoms with van der Waals surface area (Å²) in [6.45, 7) is 1.24. The van der Waals surface area contributed by atoms with Crippen LogP contribution in [-0.4, -0.2) is 24.3 Å². The van der Waals surface area contributed by atoms with Gasteiger partial charge in [-0.2, -0.15) is 0 Å². The number of piperidine rings is 1. The third-order valence-electron chi connectivity index (χ3n) is 3.39. The molecular weight excluding hydrogens is 236 g/mol. The van der Waals surface area contributed by atoms with E-state index in [2.05, 4.69) is 4.90 Å². The first kappa shape index (κ1) is 12.5. The monoisotopic (exact) mass is 254 g/mol. The van der Waals surface area contributed by atoms with Crippen molar-refractivity contribution in [2.45, 2.75) is 31.7 Å². The van der Waals surface area contributed by atoms with Crippen molar-refractivity contribution in [3.05, 3.63) is 23.2 Å². The average molecular weight is 255 g/mol. The number of rotatable bonds is 3. The zero-order valence-corrected chi connectivity index (χ0v) is 10.7. The predicted octanol–water partition coefficient (Wildman–Crippen LogP) is 2.66. The summed E-state index contributed by atoms with van der Waals surface area (Å²) >= 11 is 5.91. The van der Waals surface area contributed by atoms with Crippen molar-refractivity contribution >= 4 is 23.0 Å². The van der Waals surface area contributed by atoms with E-state index in [0.29, 0.717) is 11.1 Å². The van der Waals surface area contributed by atoms with Gasteiger partial charge in [0.15, 0.2) is 0 Å². The van der Waals surface area contributed by atoms with E-state index in [1.807, 2.05) is 12.1 Å². The molecule has 0 amide bonds. The summed E-state index contributed by atoms with van der Waals surface area (Å²) in [5.41, 5.74) is 7.80. The van der Waals surface area contributed by atoms with Gasteiger partial charge < -0.3 is 15.7 Å². The van der Waals surface area contributed by atoms with Gasteiger partial charge in [-0.05, 0) is 43.9 Å². The Labute approximate surface area is 107 Å². The van der Waals surface area contributed by atoms with Crippen LogP contribution >= 0.6 is 11.6 Å². The molecule has 1 fully saturated rings. The summed E-state index contributed by atoms with van der Waals surface area (Å²) in [6.07, 6.45) is 4.35. The SMILES string of the molecule is Nc1cc(Cl)ccc1N1CCCCC1CCO. The fourth-order valence-electron chi connectivity index (χ4n) is 2.55. The molecule has 3 nitrogen and oxygen atoms in total. The summed E-state index contributed by atoms with van der Waals surface area (Å²) in [5, 5.41) is 9.79. The van der Waals surface area contributed by atoms with Crippen molar-refractivity contribution in [1.82, 2.24) is 0 Å². The van der Waals surface area contributed by atoms with Gasteiger partial charge in [0.25, 0.3) is 0 Å². The van der Waals surface area contributed by atoms with Crippen LogP contribution in [0.3, 0.4) is 0 Å². The third-order valence-corrected chi connectivity index (χ3v) is 3.62. The van der Waals surface area contributed by atoms with Crippen LogP contribution in [0.15, 0.2) is 18.2 Å². The molecule has 1 atom stereocenters. The summed E-state index contributed by atoms with van der Waals surface area (Å²) in [4.78, 5) is 2.31. The zero-order valence-electron chi connectivity index (χ0n) is 9.90. The molecule has 3 N–H and O–H groups in total. The van der Waals surface area contributed by atoms with Crippen molar-refractivity contribution in [2.24, 2.45) is 0 Å². The van der Waals surface area contributed by atoms with Gasteiger partial charge in [0.05, 0.1) is 11.4 Å². The highest BCUT2D eigenvalue weighted by Crippen LogP contribution is 2.32. The maximum Gasteiger partial charge on any atom is 0.0603 e. The lowest BCUT2D eigenvalue weighted by Crippen LogP contribution is -2.40. The van der Waals surface area contributed by atoms with Gasteiger partial charge in [-0.1, -0.05) is 11.6 Å². The summed E-state index contributed by atoms with van der Waals surface area (Å²) < 4.78 is 0. The molecule has 17 heavy (non-hydrogen) atoms. The van der Waals surface area contributed by atoms with E-state index in [-0.39, 0.29) is 6.61 Å². The number of hydrogen-bond donors (Lipinski definition) is 2. The van der Waals surface area contributed by atoms with Crippen LogP contribution in [0.25, 0.3) is 0 Å². The Morgan fingerprint density at radius 1 is 1.41 bits per heavy atom. The van der Waals surface area contributed by atoms with Gasteiger partial charge in [0.2, 0.25) is 0 Å². The molecule has 0 aromatic heterocycles. The first-order valence-corrected chi connectivity index (χ1v) is 6.52. The molecule has 94 valence electrons. The van der Waals surface area contributed by atoms with Crippen molar-refractivity contribution in [3.63, 3.8) is 0 Å². The second-order valence-electron chi connectivity index (χ2n) is 4.56. The Hall–Kier alpha value is -0.930. The van der Waals surface area contributed by atoms with Gasteiger partial charge >= 0.3 is 0 Å². The van der Waals surface area contributed by atoms with Crippen LogP contribution in [0.5, 0.6) is 0 Å². The molecule has 1 aromatic carbocycles. The van der Waals surface area contributed by atoms with Crippen molar-refractivity contribution < 1.29 is 5.11 Å². The lowest BCUT2D eigenvalue weighted by atomic mass is 9.98. The quantitative estimate of drug-likeness (QED) is 0.816. The van der Waals surface area contributed by atoms with Gasteiger partial charge in [-0.3, -0.25) is 0 Å². The zero-order chi connectivity index (χ0) is 12.3. The third kappa shape index (κ3) is 2.85. The maximum atomic E-state index is 9.12. The lowest BCUT2D eigenvalue weighted by Gasteiger charge is -2.38. The molecule has 0 bridgehead atoms. The molecule has 1 aliphatic rings. The van der Waals surface area contributed by atoms with Crippen molar-refractivity contribution in [3.8, 4) is 0 Å². The number of halogens is 1. The number of hydrogen-bond acceptors (Lipinski definition) is 3. The smallest absolute Gasteiger partial charge is 0.0603 e. The number of benzene rings is 1. The second kappa shape index (κ2) is 5.61. The topological polar surface area (TPSA) is 49.5 Å². The molecule has 1 unspecified atom stereocenters. The Balaban J connectivity index is 2.23. The van der Waals surface area contributed by atoms with Crippen LogP contribution in [0.4, 0.5) is 11.4 Å². The van der Waals surface area contributed by atoms with Gasteiger partial charge in [-0.25, -0.2) is 0 Å². The van der Waals surface area contributed by atoms with Crippen LogP contribution < -0.4 is 10.6 Å². The Morgan fingerprint density at radius 3 is 2.94 bits per heavy atom. The molecule has 1 aliphatic heterocycles. The predicted molar refractivity (Wildman–Crippen MR) is 72.6 cm³/mol. The number of nitrogens with two attached hydrogens (primary N) is 1. The molecule has 1 heterocycles. The highest BCUT2D eigenvalue weighted by molar-refractivity contribution is 6.31.